The van der Waals surface area contributed by atoms with Gasteiger partial charge >= 0.3 is 6.09 Å². The van der Waals surface area contributed by atoms with Crippen molar-refractivity contribution in [2.45, 2.75) is 58.2 Å². The van der Waals surface area contributed by atoms with Crippen molar-refractivity contribution in [3.8, 4) is 6.07 Å². The molecule has 9 heteroatoms. The maximum Gasteiger partial charge on any atom is 0.410 e. The fourth-order valence-corrected chi connectivity index (χ4v) is 3.80. The summed E-state index contributed by atoms with van der Waals surface area (Å²) >= 11 is 6.25. The Labute approximate surface area is 170 Å². The molecule has 1 aromatic rings. The maximum atomic E-state index is 12.7. The molecule has 0 radical (unpaired) electrons. The molecule has 2 atom stereocenters. The van der Waals surface area contributed by atoms with Crippen LogP contribution in [0.3, 0.4) is 0 Å². The Kier molecular flexibility index (Phi) is 5.96. The van der Waals surface area contributed by atoms with Crippen LogP contribution in [0.1, 0.15) is 51.4 Å². The van der Waals surface area contributed by atoms with Gasteiger partial charge in [0, 0.05) is 18.7 Å². The number of carbonyl (C=O) groups excluding carboxylic acids is 1. The summed E-state index contributed by atoms with van der Waals surface area (Å²) in [5.41, 5.74) is 0.956. The number of amides is 1. The lowest BCUT2D eigenvalue weighted by Crippen LogP contribution is -2.47. The van der Waals surface area contributed by atoms with E-state index in [-0.39, 0.29) is 17.7 Å². The minimum atomic E-state index is -0.619. The first-order chi connectivity index (χ1) is 13.2. The Morgan fingerprint density at radius 3 is 2.79 bits per heavy atom. The number of ether oxygens (including phenoxy) is 2. The van der Waals surface area contributed by atoms with Gasteiger partial charge < -0.3 is 14.4 Å². The van der Waals surface area contributed by atoms with Gasteiger partial charge in [-0.3, -0.25) is 4.90 Å². The molecule has 0 N–H and O–H groups in total. The number of fused-ring (bicyclic) bond motifs is 1. The lowest BCUT2D eigenvalue weighted by molar-refractivity contribution is 0.0140. The molecule has 0 aliphatic carbocycles. The Morgan fingerprint density at radius 1 is 1.39 bits per heavy atom. The number of halogens is 1. The Balaban J connectivity index is 2.00. The highest BCUT2D eigenvalue weighted by Crippen LogP contribution is 2.37. The van der Waals surface area contributed by atoms with Crippen LogP contribution in [0.5, 0.6) is 0 Å². The molecule has 2 aliphatic rings. The van der Waals surface area contributed by atoms with Gasteiger partial charge in [0.05, 0.1) is 43.5 Å². The molecule has 0 aromatic carbocycles. The zero-order valence-electron chi connectivity index (χ0n) is 16.7. The molecule has 0 spiro atoms. The van der Waals surface area contributed by atoms with E-state index in [9.17, 15) is 10.1 Å². The number of nitrogens with zero attached hydrogens (tertiary/aromatic N) is 5. The highest BCUT2D eigenvalue weighted by molar-refractivity contribution is 6.28. The number of aromatic nitrogens is 2. The smallest absolute Gasteiger partial charge is 0.410 e. The predicted octanol–water partition coefficient (Wildman–Crippen LogP) is 3.10. The van der Waals surface area contributed by atoms with Gasteiger partial charge in [0.25, 0.3) is 0 Å². The van der Waals surface area contributed by atoms with E-state index < -0.39 is 17.7 Å². The van der Waals surface area contributed by atoms with Crippen molar-refractivity contribution in [1.82, 2.24) is 14.9 Å². The lowest BCUT2D eigenvalue weighted by atomic mass is 9.95. The van der Waals surface area contributed by atoms with E-state index in [1.54, 1.807) is 4.90 Å². The second-order valence-electron chi connectivity index (χ2n) is 8.10. The summed E-state index contributed by atoms with van der Waals surface area (Å²) < 4.78 is 11.1. The third-order valence-corrected chi connectivity index (χ3v) is 5.01. The molecule has 1 unspecified atom stereocenters. The Hall–Kier alpha value is -2.11. The number of hydrogen-bond acceptors (Lipinski definition) is 7. The number of anilines is 1. The van der Waals surface area contributed by atoms with Crippen molar-refractivity contribution in [3.05, 3.63) is 16.5 Å². The average Bonchev–Trinajstić information content (AvgIpc) is 2.60. The predicted molar refractivity (Wildman–Crippen MR) is 104 cm³/mol. The van der Waals surface area contributed by atoms with Gasteiger partial charge in [0.2, 0.25) is 5.28 Å². The zero-order valence-corrected chi connectivity index (χ0v) is 17.5. The van der Waals surface area contributed by atoms with E-state index >= 15 is 0 Å². The van der Waals surface area contributed by atoms with Crippen LogP contribution < -0.4 is 4.90 Å². The van der Waals surface area contributed by atoms with E-state index in [2.05, 4.69) is 27.9 Å². The van der Waals surface area contributed by atoms with Crippen LogP contribution in [0.2, 0.25) is 5.28 Å². The third-order valence-electron chi connectivity index (χ3n) is 4.84. The summed E-state index contributed by atoms with van der Waals surface area (Å²) in [5.74, 6) is 0.776. The van der Waals surface area contributed by atoms with E-state index in [4.69, 9.17) is 21.1 Å². The molecule has 152 valence electrons. The molecular formula is C19H26ClN5O3. The lowest BCUT2D eigenvalue weighted by Gasteiger charge is -2.40. The minimum Gasteiger partial charge on any atom is -0.444 e. The molecule has 1 aromatic heterocycles. The van der Waals surface area contributed by atoms with Crippen LogP contribution >= 0.6 is 11.6 Å². The van der Waals surface area contributed by atoms with Crippen molar-refractivity contribution in [2.75, 3.05) is 31.2 Å². The molecule has 1 amide bonds. The number of rotatable bonds is 2. The average molecular weight is 408 g/mol. The molecular weight excluding hydrogens is 382 g/mol. The second kappa shape index (κ2) is 8.10. The van der Waals surface area contributed by atoms with Gasteiger partial charge in [0.1, 0.15) is 11.4 Å². The van der Waals surface area contributed by atoms with Crippen molar-refractivity contribution in [3.63, 3.8) is 0 Å². The molecule has 0 bridgehead atoms. The standard InChI is InChI=1S/C19H26ClN5O3/c1-12-11-27-10-9-24(12)16-13-6-8-25(18(26)28-19(2,3)4)14(5-7-21)15(13)22-17(20)23-16/h12,14H,5-6,8-11H2,1-4H3/t12-,14?/m0/s1. The molecule has 1 saturated heterocycles. The van der Waals surface area contributed by atoms with E-state index in [0.29, 0.717) is 38.4 Å². The first-order valence-electron chi connectivity index (χ1n) is 9.48. The first-order valence-corrected chi connectivity index (χ1v) is 9.86. The topological polar surface area (TPSA) is 91.6 Å². The number of carbonyl (C=O) groups is 1. The highest BCUT2D eigenvalue weighted by Gasteiger charge is 2.38. The monoisotopic (exact) mass is 407 g/mol. The van der Waals surface area contributed by atoms with Crippen LogP contribution in [0.25, 0.3) is 0 Å². The van der Waals surface area contributed by atoms with Gasteiger partial charge in [0.15, 0.2) is 0 Å². The van der Waals surface area contributed by atoms with Gasteiger partial charge in [-0.15, -0.1) is 0 Å². The molecule has 3 rings (SSSR count). The Bertz CT molecular complexity index is 789. The van der Waals surface area contributed by atoms with Crippen molar-refractivity contribution in [1.29, 1.82) is 5.26 Å². The van der Waals surface area contributed by atoms with Crippen LogP contribution in [-0.2, 0) is 15.9 Å². The molecule has 0 saturated carbocycles. The van der Waals surface area contributed by atoms with Gasteiger partial charge in [-0.1, -0.05) is 0 Å². The quantitative estimate of drug-likeness (QED) is 0.695. The summed E-state index contributed by atoms with van der Waals surface area (Å²) in [6.07, 6.45) is 0.236. The van der Waals surface area contributed by atoms with Crippen LogP contribution in [0.4, 0.5) is 10.6 Å². The fraction of sp³-hybridized carbons (Fsp3) is 0.684. The molecule has 2 aliphatic heterocycles. The number of nitriles is 1. The molecule has 3 heterocycles. The molecule has 1 fully saturated rings. The van der Waals surface area contributed by atoms with Crippen molar-refractivity contribution in [2.24, 2.45) is 0 Å². The normalized spacial score (nSPS) is 22.4. The van der Waals surface area contributed by atoms with E-state index in [1.165, 1.54) is 0 Å². The zero-order chi connectivity index (χ0) is 20.5. The molecule has 8 nitrogen and oxygen atoms in total. The van der Waals surface area contributed by atoms with Crippen molar-refractivity contribution >= 4 is 23.5 Å². The molecule has 28 heavy (non-hydrogen) atoms. The fourth-order valence-electron chi connectivity index (χ4n) is 3.62. The van der Waals surface area contributed by atoms with Crippen LogP contribution in [-0.4, -0.2) is 58.9 Å². The van der Waals surface area contributed by atoms with E-state index in [1.807, 2.05) is 20.8 Å². The third kappa shape index (κ3) is 4.31. The highest BCUT2D eigenvalue weighted by atomic mass is 35.5. The largest absolute Gasteiger partial charge is 0.444 e. The van der Waals surface area contributed by atoms with Crippen molar-refractivity contribution < 1.29 is 14.3 Å². The summed E-state index contributed by atoms with van der Waals surface area (Å²) in [4.78, 5) is 25.4. The Morgan fingerprint density at radius 2 is 2.14 bits per heavy atom. The van der Waals surface area contributed by atoms with Gasteiger partial charge in [-0.2, -0.15) is 5.26 Å². The summed E-state index contributed by atoms with van der Waals surface area (Å²) in [6, 6.07) is 1.81. The van der Waals surface area contributed by atoms with Gasteiger partial charge in [-0.05, 0) is 45.7 Å². The number of hydrogen-bond donors (Lipinski definition) is 0. The first kappa shape index (κ1) is 20.6. The van der Waals surface area contributed by atoms with Gasteiger partial charge in [-0.25, -0.2) is 14.8 Å². The second-order valence-corrected chi connectivity index (χ2v) is 8.44. The minimum absolute atomic E-state index is 0.109. The summed E-state index contributed by atoms with van der Waals surface area (Å²) in [6.45, 7) is 9.90. The summed E-state index contributed by atoms with van der Waals surface area (Å²) in [5, 5.41) is 9.49. The number of morpholine rings is 1. The van der Waals surface area contributed by atoms with E-state index in [0.717, 1.165) is 11.4 Å². The SMILES string of the molecule is C[C@H]1COCCN1c1nc(Cl)nc2c1CCN(C(=O)OC(C)(C)C)C2CC#N. The van der Waals surface area contributed by atoms with Crippen LogP contribution in [0.15, 0.2) is 0 Å². The van der Waals surface area contributed by atoms with Crippen LogP contribution in [0, 0.1) is 11.3 Å². The maximum absolute atomic E-state index is 12.7. The summed E-state index contributed by atoms with van der Waals surface area (Å²) in [7, 11) is 0.